The van der Waals surface area contributed by atoms with Crippen LogP contribution in [0.5, 0.6) is 0 Å². The van der Waals surface area contributed by atoms with Crippen LogP contribution in [0, 0.1) is 0 Å². The number of benzene rings is 1. The number of aliphatic hydroxyl groups is 1. The van der Waals surface area contributed by atoms with Crippen LogP contribution in [-0.2, 0) is 22.6 Å². The molecule has 1 aliphatic heterocycles. The van der Waals surface area contributed by atoms with Crippen LogP contribution < -0.4 is 11.1 Å². The van der Waals surface area contributed by atoms with E-state index in [1.54, 1.807) is 12.1 Å². The predicted molar refractivity (Wildman–Crippen MR) is 112 cm³/mol. The molecular formula is C21H27N3O4S. The van der Waals surface area contributed by atoms with E-state index in [1.807, 2.05) is 44.2 Å². The highest BCUT2D eigenvalue weighted by molar-refractivity contribution is 8.00. The molecule has 1 aliphatic rings. The summed E-state index contributed by atoms with van der Waals surface area (Å²) in [5.74, 6) is 0.141. The van der Waals surface area contributed by atoms with Crippen molar-refractivity contribution in [3.05, 3.63) is 60.1 Å². The van der Waals surface area contributed by atoms with Gasteiger partial charge in [0.15, 0.2) is 0 Å². The van der Waals surface area contributed by atoms with Crippen molar-refractivity contribution in [2.45, 2.75) is 49.7 Å². The molecule has 1 aromatic heterocycles. The third kappa shape index (κ3) is 5.01. The number of carbonyl (C=O) groups excluding carboxylic acids is 2. The summed E-state index contributed by atoms with van der Waals surface area (Å²) in [4.78, 5) is 27.3. The standard InChI is InChI=1S/C21H27N3O4S/c1-21(2)18(19(26)23-12-15-9-6-10-28-15)24(13-29-21)20(27)17(25)16(22)11-14-7-4-3-5-8-14/h3-10,16-18,25H,11-13,22H2,1-2H3,(H,23,26). The van der Waals surface area contributed by atoms with Crippen molar-refractivity contribution in [2.75, 3.05) is 5.88 Å². The van der Waals surface area contributed by atoms with E-state index in [1.165, 1.54) is 22.9 Å². The van der Waals surface area contributed by atoms with Crippen molar-refractivity contribution in [1.29, 1.82) is 0 Å². The molecule has 1 fully saturated rings. The lowest BCUT2D eigenvalue weighted by Crippen LogP contribution is -2.57. The van der Waals surface area contributed by atoms with E-state index in [2.05, 4.69) is 5.32 Å². The monoisotopic (exact) mass is 417 g/mol. The molecule has 2 amide bonds. The molecule has 2 heterocycles. The highest BCUT2D eigenvalue weighted by atomic mass is 32.2. The Labute approximate surface area is 174 Å². The highest BCUT2D eigenvalue weighted by Gasteiger charge is 2.49. The Kier molecular flexibility index (Phi) is 6.66. The van der Waals surface area contributed by atoms with Crippen molar-refractivity contribution in [1.82, 2.24) is 10.2 Å². The van der Waals surface area contributed by atoms with Crippen LogP contribution in [0.1, 0.15) is 25.2 Å². The summed E-state index contributed by atoms with van der Waals surface area (Å²) < 4.78 is 4.75. The van der Waals surface area contributed by atoms with Gasteiger partial charge in [-0.3, -0.25) is 9.59 Å². The van der Waals surface area contributed by atoms with E-state index >= 15 is 0 Å². The van der Waals surface area contributed by atoms with Gasteiger partial charge in [0, 0.05) is 10.8 Å². The molecular weight excluding hydrogens is 390 g/mol. The van der Waals surface area contributed by atoms with E-state index in [9.17, 15) is 14.7 Å². The van der Waals surface area contributed by atoms with E-state index in [0.717, 1.165) is 5.56 Å². The second-order valence-corrected chi connectivity index (χ2v) is 9.28. The smallest absolute Gasteiger partial charge is 0.254 e. The SMILES string of the molecule is CC1(C)SCN(C(=O)C(O)C(N)Cc2ccccc2)C1C(=O)NCc1ccco1. The Hall–Kier alpha value is -2.29. The zero-order valence-corrected chi connectivity index (χ0v) is 17.4. The number of aliphatic hydroxyl groups excluding tert-OH is 1. The van der Waals surface area contributed by atoms with Gasteiger partial charge in [-0.2, -0.15) is 0 Å². The highest BCUT2D eigenvalue weighted by Crippen LogP contribution is 2.39. The van der Waals surface area contributed by atoms with Gasteiger partial charge in [-0.05, 0) is 38.0 Å². The molecule has 4 N–H and O–H groups in total. The van der Waals surface area contributed by atoms with Crippen molar-refractivity contribution in [2.24, 2.45) is 5.73 Å². The van der Waals surface area contributed by atoms with Crippen molar-refractivity contribution < 1.29 is 19.1 Å². The average molecular weight is 418 g/mol. The Morgan fingerprint density at radius 1 is 1.31 bits per heavy atom. The molecule has 0 saturated carbocycles. The van der Waals surface area contributed by atoms with Crippen LogP contribution in [0.3, 0.4) is 0 Å². The molecule has 0 spiro atoms. The van der Waals surface area contributed by atoms with E-state index in [-0.39, 0.29) is 12.5 Å². The number of hydrogen-bond donors (Lipinski definition) is 3. The van der Waals surface area contributed by atoms with Gasteiger partial charge in [-0.1, -0.05) is 30.3 Å². The second kappa shape index (κ2) is 9.02. The number of furan rings is 1. The first-order valence-electron chi connectivity index (χ1n) is 9.51. The lowest BCUT2D eigenvalue weighted by atomic mass is 9.97. The van der Waals surface area contributed by atoms with Crippen molar-refractivity contribution >= 4 is 23.6 Å². The van der Waals surface area contributed by atoms with E-state index < -0.39 is 28.8 Å². The van der Waals surface area contributed by atoms with Gasteiger partial charge in [-0.25, -0.2) is 0 Å². The van der Waals surface area contributed by atoms with Gasteiger partial charge in [-0.15, -0.1) is 11.8 Å². The average Bonchev–Trinajstić information content (AvgIpc) is 3.33. The number of thioether (sulfide) groups is 1. The van der Waals surface area contributed by atoms with Gasteiger partial charge in [0.1, 0.15) is 17.9 Å². The van der Waals surface area contributed by atoms with Crippen LogP contribution in [0.25, 0.3) is 0 Å². The minimum absolute atomic E-state index is 0.237. The molecule has 3 rings (SSSR count). The molecule has 3 atom stereocenters. The molecule has 1 saturated heterocycles. The minimum Gasteiger partial charge on any atom is -0.467 e. The molecule has 0 bridgehead atoms. The summed E-state index contributed by atoms with van der Waals surface area (Å²) in [5.41, 5.74) is 7.05. The normalized spacial score (nSPS) is 20.3. The molecule has 0 aliphatic carbocycles. The van der Waals surface area contributed by atoms with Crippen LogP contribution in [0.4, 0.5) is 0 Å². The maximum Gasteiger partial charge on any atom is 0.254 e. The lowest BCUT2D eigenvalue weighted by Gasteiger charge is -2.32. The molecule has 0 radical (unpaired) electrons. The maximum absolute atomic E-state index is 13.0. The largest absolute Gasteiger partial charge is 0.467 e. The first-order valence-corrected chi connectivity index (χ1v) is 10.5. The summed E-state index contributed by atoms with van der Waals surface area (Å²) in [6, 6.07) is 11.5. The molecule has 2 aromatic rings. The quantitative estimate of drug-likeness (QED) is 0.630. The fourth-order valence-corrected chi connectivity index (χ4v) is 4.59. The molecule has 7 nitrogen and oxygen atoms in total. The number of nitrogens with two attached hydrogens (primary N) is 1. The number of nitrogens with one attached hydrogen (secondary N) is 1. The first kappa shape index (κ1) is 21.4. The summed E-state index contributed by atoms with van der Waals surface area (Å²) >= 11 is 1.50. The van der Waals surface area contributed by atoms with Crippen LogP contribution in [0.2, 0.25) is 0 Å². The zero-order valence-electron chi connectivity index (χ0n) is 16.6. The third-order valence-corrected chi connectivity index (χ3v) is 6.44. The number of nitrogens with zero attached hydrogens (tertiary/aromatic N) is 1. The summed E-state index contributed by atoms with van der Waals surface area (Å²) in [6.45, 7) is 4.07. The van der Waals surface area contributed by atoms with Gasteiger partial charge < -0.3 is 25.5 Å². The molecule has 1 aromatic carbocycles. The van der Waals surface area contributed by atoms with E-state index in [0.29, 0.717) is 18.1 Å². The number of hydrogen-bond acceptors (Lipinski definition) is 6. The number of amides is 2. The Balaban J connectivity index is 1.67. The van der Waals surface area contributed by atoms with Gasteiger partial charge in [0.2, 0.25) is 5.91 Å². The topological polar surface area (TPSA) is 109 Å². The molecule has 3 unspecified atom stereocenters. The van der Waals surface area contributed by atoms with Crippen LogP contribution in [-0.4, -0.2) is 50.6 Å². The summed E-state index contributed by atoms with van der Waals surface area (Å²) in [7, 11) is 0. The van der Waals surface area contributed by atoms with Crippen LogP contribution >= 0.6 is 11.8 Å². The van der Waals surface area contributed by atoms with E-state index in [4.69, 9.17) is 10.2 Å². The molecule has 29 heavy (non-hydrogen) atoms. The number of carbonyl (C=O) groups is 2. The lowest BCUT2D eigenvalue weighted by molar-refractivity contribution is -0.147. The van der Waals surface area contributed by atoms with Gasteiger partial charge in [0.05, 0.1) is 18.7 Å². The van der Waals surface area contributed by atoms with Crippen LogP contribution in [0.15, 0.2) is 53.1 Å². The van der Waals surface area contributed by atoms with Crippen molar-refractivity contribution in [3.63, 3.8) is 0 Å². The molecule has 156 valence electrons. The predicted octanol–water partition coefficient (Wildman–Crippen LogP) is 1.51. The maximum atomic E-state index is 13.0. The van der Waals surface area contributed by atoms with Gasteiger partial charge >= 0.3 is 0 Å². The number of rotatable bonds is 7. The summed E-state index contributed by atoms with van der Waals surface area (Å²) in [5, 5.41) is 13.4. The third-order valence-electron chi connectivity index (χ3n) is 5.07. The Bertz CT molecular complexity index is 826. The van der Waals surface area contributed by atoms with Crippen molar-refractivity contribution in [3.8, 4) is 0 Å². The molecule has 8 heteroatoms. The zero-order chi connectivity index (χ0) is 21.0. The first-order chi connectivity index (χ1) is 13.8. The minimum atomic E-state index is -1.38. The van der Waals surface area contributed by atoms with Gasteiger partial charge in [0.25, 0.3) is 5.91 Å². The fourth-order valence-electron chi connectivity index (χ4n) is 3.45. The summed E-state index contributed by atoms with van der Waals surface area (Å²) in [6.07, 6.45) is 0.523. The fraction of sp³-hybridized carbons (Fsp3) is 0.429. The Morgan fingerprint density at radius 2 is 2.03 bits per heavy atom. The Morgan fingerprint density at radius 3 is 2.69 bits per heavy atom. The second-order valence-electron chi connectivity index (χ2n) is 7.68.